The summed E-state index contributed by atoms with van der Waals surface area (Å²) in [5.41, 5.74) is 2.17. The number of hydrogen-bond donors (Lipinski definition) is 7. The molecule has 0 fully saturated rings. The Balaban J connectivity index is 0.949. The molecular formula is C51H36N4O13. The van der Waals surface area contributed by atoms with Crippen LogP contribution < -0.4 is 26.3 Å². The number of fused-ring (bicyclic) bond motifs is 4. The standard InChI is InChI=1S/C51H36N4O13/c1-55(2)27-6-12-33-42(20-27)67-41-19-26(52)5-11-32(41)44(33)30-9-3-24(17-36(30)50(62)63)47(58)53-22-29-8-16-40(66-29)48(59)54-23-38-39(57)15-14-35-45(34-13-7-28(56)21-43(34)68-46(35)38)31-10-4-25(49(60)61)18-37(31)51(64)65/h3-21,52,56H,22-23H2,1-2H3,(H,53,58)(H,54,59)(H,60,61)(H,62,63)(H,64,65). The third kappa shape index (κ3) is 8.00. The smallest absolute Gasteiger partial charge is 0.336 e. The van der Waals surface area contributed by atoms with Crippen LogP contribution in [0.4, 0.5) is 5.69 Å². The van der Waals surface area contributed by atoms with Crippen molar-refractivity contribution in [2.75, 3.05) is 19.0 Å². The van der Waals surface area contributed by atoms with Gasteiger partial charge in [-0.05, 0) is 96.1 Å². The molecule has 7 N–H and O–H groups in total. The summed E-state index contributed by atoms with van der Waals surface area (Å²) in [4.78, 5) is 79.1. The van der Waals surface area contributed by atoms with Crippen LogP contribution in [0.3, 0.4) is 0 Å². The predicted molar refractivity (Wildman–Crippen MR) is 247 cm³/mol. The summed E-state index contributed by atoms with van der Waals surface area (Å²) < 4.78 is 18.1. The number of carboxylic acids is 3. The van der Waals surface area contributed by atoms with Crippen LogP contribution in [0.15, 0.2) is 133 Å². The van der Waals surface area contributed by atoms with Gasteiger partial charge in [0.25, 0.3) is 11.8 Å². The van der Waals surface area contributed by atoms with Gasteiger partial charge in [-0.1, -0.05) is 12.1 Å². The van der Waals surface area contributed by atoms with Gasteiger partial charge in [-0.25, -0.2) is 14.4 Å². The summed E-state index contributed by atoms with van der Waals surface area (Å²) >= 11 is 0. The van der Waals surface area contributed by atoms with Crippen molar-refractivity contribution in [3.8, 4) is 50.7 Å². The Morgan fingerprint density at radius 2 is 1.21 bits per heavy atom. The van der Waals surface area contributed by atoms with Gasteiger partial charge in [-0.3, -0.25) is 14.4 Å². The molecule has 338 valence electrons. The van der Waals surface area contributed by atoms with Crippen molar-refractivity contribution >= 4 is 57.3 Å². The van der Waals surface area contributed by atoms with Crippen LogP contribution in [0.2, 0.25) is 0 Å². The SMILES string of the molecule is CN(C)c1ccc2c(-c3ccc(C(=O)NCc4ccc(C(=O)NCc5c6oc7cc(O)ccc7c(-c7ccc(C(=O)O)cc7C(=O)O)c-6ccc5=O)o4)cc3C(=O)O)c3ccc(=N)cc-3oc2c1. The van der Waals surface area contributed by atoms with Crippen LogP contribution in [0, 0.1) is 5.41 Å². The van der Waals surface area contributed by atoms with Crippen LogP contribution in [0.1, 0.15) is 63.3 Å². The Kier molecular flexibility index (Phi) is 11.0. The minimum atomic E-state index is -1.41. The molecule has 1 aromatic heterocycles. The van der Waals surface area contributed by atoms with E-state index in [9.17, 15) is 49.2 Å². The fraction of sp³-hybridized carbons (Fsp3) is 0.0784. The minimum absolute atomic E-state index is 0.0312. The second-order valence-corrected chi connectivity index (χ2v) is 15.9. The molecule has 5 aromatic rings. The second kappa shape index (κ2) is 17.1. The summed E-state index contributed by atoms with van der Waals surface area (Å²) in [6.45, 7) is -0.594. The molecule has 0 bridgehead atoms. The van der Waals surface area contributed by atoms with E-state index in [1.165, 1.54) is 66.7 Å². The maximum Gasteiger partial charge on any atom is 0.336 e. The number of nitrogens with zero attached hydrogens (tertiary/aromatic N) is 1. The third-order valence-electron chi connectivity index (χ3n) is 11.4. The fourth-order valence-corrected chi connectivity index (χ4v) is 8.16. The molecule has 3 heterocycles. The number of phenols is 1. The van der Waals surface area contributed by atoms with E-state index in [1.807, 2.05) is 37.2 Å². The van der Waals surface area contributed by atoms with E-state index >= 15 is 0 Å². The zero-order valence-corrected chi connectivity index (χ0v) is 35.8. The zero-order valence-electron chi connectivity index (χ0n) is 35.8. The van der Waals surface area contributed by atoms with Crippen molar-refractivity contribution in [1.29, 1.82) is 5.41 Å². The van der Waals surface area contributed by atoms with E-state index in [2.05, 4.69) is 10.6 Å². The maximum absolute atomic E-state index is 13.5. The first kappa shape index (κ1) is 43.7. The van der Waals surface area contributed by atoms with Gasteiger partial charge in [0.2, 0.25) is 0 Å². The van der Waals surface area contributed by atoms with Gasteiger partial charge in [0.05, 0.1) is 40.7 Å². The number of amides is 2. The normalized spacial score (nSPS) is 11.3. The molecule has 0 spiro atoms. The van der Waals surface area contributed by atoms with Gasteiger partial charge in [-0.2, -0.15) is 0 Å². The molecule has 4 aromatic carbocycles. The average Bonchev–Trinajstić information content (AvgIpc) is 3.80. The minimum Gasteiger partial charge on any atom is -0.508 e. The van der Waals surface area contributed by atoms with E-state index in [1.54, 1.807) is 24.3 Å². The van der Waals surface area contributed by atoms with Gasteiger partial charge >= 0.3 is 17.9 Å². The van der Waals surface area contributed by atoms with Gasteiger partial charge in [0.1, 0.15) is 34.2 Å². The number of aromatic carboxylic acids is 3. The van der Waals surface area contributed by atoms with E-state index in [0.29, 0.717) is 38.8 Å². The number of anilines is 1. The largest absolute Gasteiger partial charge is 0.508 e. The molecule has 68 heavy (non-hydrogen) atoms. The summed E-state index contributed by atoms with van der Waals surface area (Å²) in [5.74, 6) is -5.28. The highest BCUT2D eigenvalue weighted by molar-refractivity contribution is 6.11. The van der Waals surface area contributed by atoms with Crippen LogP contribution in [-0.2, 0) is 13.1 Å². The molecule has 0 saturated heterocycles. The van der Waals surface area contributed by atoms with Crippen molar-refractivity contribution in [1.82, 2.24) is 10.6 Å². The van der Waals surface area contributed by atoms with Crippen LogP contribution >= 0.6 is 0 Å². The Morgan fingerprint density at radius 3 is 1.90 bits per heavy atom. The average molecular weight is 913 g/mol. The lowest BCUT2D eigenvalue weighted by atomic mass is 9.88. The molecule has 0 unspecified atom stereocenters. The Bertz CT molecular complexity index is 3660. The van der Waals surface area contributed by atoms with Crippen molar-refractivity contribution < 1.29 is 57.7 Å². The van der Waals surface area contributed by atoms with Gasteiger partial charge < -0.3 is 54.6 Å². The number of nitrogens with one attached hydrogen (secondary N) is 3. The van der Waals surface area contributed by atoms with Crippen LogP contribution in [0.5, 0.6) is 5.75 Å². The first-order valence-electron chi connectivity index (χ1n) is 20.6. The van der Waals surface area contributed by atoms with Crippen molar-refractivity contribution in [3.63, 3.8) is 0 Å². The van der Waals surface area contributed by atoms with Crippen LogP contribution in [-0.4, -0.2) is 64.2 Å². The molecule has 2 aliphatic heterocycles. The van der Waals surface area contributed by atoms with Gasteiger partial charge in [0, 0.05) is 76.6 Å². The number of hydrogen-bond acceptors (Lipinski definition) is 12. The highest BCUT2D eigenvalue weighted by Crippen LogP contribution is 2.44. The monoisotopic (exact) mass is 912 g/mol. The first-order valence-corrected chi connectivity index (χ1v) is 20.6. The number of carbonyl (C=O) groups excluding carboxylic acids is 2. The van der Waals surface area contributed by atoms with E-state index in [4.69, 9.17) is 18.7 Å². The lowest BCUT2D eigenvalue weighted by Gasteiger charge is -2.19. The molecule has 0 radical (unpaired) electrons. The molecule has 2 amide bonds. The number of rotatable bonds is 12. The molecule has 9 rings (SSSR count). The van der Waals surface area contributed by atoms with Gasteiger partial charge in [-0.15, -0.1) is 0 Å². The van der Waals surface area contributed by atoms with Gasteiger partial charge in [0.15, 0.2) is 11.2 Å². The third-order valence-corrected chi connectivity index (χ3v) is 11.4. The molecule has 0 saturated carbocycles. The summed E-state index contributed by atoms with van der Waals surface area (Å²) in [6, 6.07) is 27.8. The molecule has 17 heteroatoms. The predicted octanol–water partition coefficient (Wildman–Crippen LogP) is 7.88. The highest BCUT2D eigenvalue weighted by atomic mass is 16.4. The van der Waals surface area contributed by atoms with Crippen LogP contribution in [0.25, 0.3) is 66.8 Å². The van der Waals surface area contributed by atoms with E-state index in [0.717, 1.165) is 11.8 Å². The lowest BCUT2D eigenvalue weighted by Crippen LogP contribution is -2.26. The number of aromatic hydroxyl groups is 1. The summed E-state index contributed by atoms with van der Waals surface area (Å²) in [6.07, 6.45) is 0. The number of carbonyl (C=O) groups is 5. The molecule has 0 atom stereocenters. The number of furan rings is 1. The summed E-state index contributed by atoms with van der Waals surface area (Å²) in [7, 11) is 3.75. The van der Waals surface area contributed by atoms with Crippen molar-refractivity contribution in [2.45, 2.75) is 13.1 Å². The number of carboxylic acid groups (broad SMARTS) is 3. The van der Waals surface area contributed by atoms with E-state index in [-0.39, 0.29) is 85.0 Å². The van der Waals surface area contributed by atoms with E-state index < -0.39 is 41.7 Å². The molecule has 17 nitrogen and oxygen atoms in total. The first-order chi connectivity index (χ1) is 32.6. The Labute approximate surface area is 382 Å². The number of benzene rings is 6. The van der Waals surface area contributed by atoms with Crippen molar-refractivity contribution in [2.24, 2.45) is 0 Å². The highest BCUT2D eigenvalue weighted by Gasteiger charge is 2.27. The molecular weight excluding hydrogens is 877 g/mol. The Morgan fingerprint density at radius 1 is 0.588 bits per heavy atom. The lowest BCUT2D eigenvalue weighted by molar-refractivity contribution is 0.0682. The Hall–Kier alpha value is -9.51. The molecule has 4 aliphatic rings. The summed E-state index contributed by atoms with van der Waals surface area (Å²) in [5, 5.41) is 55.1. The topological polar surface area (TPSA) is 274 Å². The quantitative estimate of drug-likeness (QED) is 0.0575. The second-order valence-electron chi connectivity index (χ2n) is 15.9. The zero-order chi connectivity index (χ0) is 48.1. The number of phenolic OH excluding ortho intramolecular Hbond substituents is 1. The van der Waals surface area contributed by atoms with Crippen molar-refractivity contribution in [3.05, 3.63) is 170 Å². The fourth-order valence-electron chi connectivity index (χ4n) is 8.16. The molecule has 2 aliphatic carbocycles. The maximum atomic E-state index is 13.5.